The van der Waals surface area contributed by atoms with Crippen molar-refractivity contribution in [2.75, 3.05) is 14.1 Å². The maximum absolute atomic E-state index is 14.3. The third-order valence-corrected chi connectivity index (χ3v) is 7.98. The molecule has 0 saturated carbocycles. The highest BCUT2D eigenvalue weighted by Crippen LogP contribution is 2.33. The van der Waals surface area contributed by atoms with Crippen LogP contribution in [0.5, 0.6) is 0 Å². The minimum Gasteiger partial charge on any atom is -0.478 e. The predicted molar refractivity (Wildman–Crippen MR) is 166 cm³/mol. The Balaban J connectivity index is 3.66. The Labute approximate surface area is 252 Å². The van der Waals surface area contributed by atoms with Gasteiger partial charge in [-0.3, -0.25) is 14.5 Å². The topological polar surface area (TPSA) is 116 Å². The molecular weight excluding hydrogens is 534 g/mol. The van der Waals surface area contributed by atoms with Gasteiger partial charge in [0, 0.05) is 25.1 Å². The van der Waals surface area contributed by atoms with E-state index in [4.69, 9.17) is 4.74 Å². The van der Waals surface area contributed by atoms with Gasteiger partial charge in [0.2, 0.25) is 11.8 Å². The number of amides is 3. The number of aliphatic carboxylic acids is 1. The molecule has 1 rings (SSSR count). The molecule has 1 aromatic rings. The molecule has 9 nitrogen and oxygen atoms in total. The Morgan fingerprint density at radius 3 is 1.90 bits per heavy atom. The van der Waals surface area contributed by atoms with Crippen LogP contribution in [-0.2, 0) is 24.5 Å². The van der Waals surface area contributed by atoms with Crippen molar-refractivity contribution in [3.63, 3.8) is 0 Å². The lowest BCUT2D eigenvalue weighted by atomic mass is 9.75. The maximum Gasteiger partial charge on any atom is 0.410 e. The van der Waals surface area contributed by atoms with E-state index in [9.17, 15) is 24.3 Å². The van der Waals surface area contributed by atoms with Crippen LogP contribution >= 0.6 is 0 Å². The van der Waals surface area contributed by atoms with Crippen LogP contribution in [-0.4, -0.2) is 76.6 Å². The molecule has 2 N–H and O–H groups in total. The molecule has 0 fully saturated rings. The number of carboxylic acid groups (broad SMARTS) is 1. The number of carbonyl (C=O) groups excluding carboxylic acids is 3. The summed E-state index contributed by atoms with van der Waals surface area (Å²) in [7, 11) is 3.16. The molecule has 0 saturated heterocycles. The summed E-state index contributed by atoms with van der Waals surface area (Å²) < 4.78 is 5.63. The Morgan fingerprint density at radius 2 is 1.48 bits per heavy atom. The second-order valence-electron chi connectivity index (χ2n) is 13.7. The van der Waals surface area contributed by atoms with E-state index in [1.54, 1.807) is 33.9 Å². The second-order valence-corrected chi connectivity index (χ2v) is 13.7. The van der Waals surface area contributed by atoms with Crippen LogP contribution in [0, 0.1) is 11.3 Å². The molecule has 3 atom stereocenters. The standard InChI is InChI=1S/C33H53N3O6/c1-14-32(8,9)25(28(38)35(12)24(21(2)3)20-22(4)29(39)40)34-27(37)26(36(13)30(41)42-31(5,6)7)33(10,11)23-18-16-15-17-19-23/h15-21,24-26H,14H2,1-13H3,(H,34,37)(H,39,40)/t24-,25-,26-/m1/s1. The molecule has 0 aromatic heterocycles. The van der Waals surface area contributed by atoms with Gasteiger partial charge in [-0.05, 0) is 51.0 Å². The summed E-state index contributed by atoms with van der Waals surface area (Å²) in [6, 6.07) is 6.94. The van der Waals surface area contributed by atoms with Crippen molar-refractivity contribution in [1.29, 1.82) is 0 Å². The predicted octanol–water partition coefficient (Wildman–Crippen LogP) is 5.63. The number of hydrogen-bond acceptors (Lipinski definition) is 5. The second kappa shape index (κ2) is 14.2. The molecular formula is C33H53N3O6. The fourth-order valence-electron chi connectivity index (χ4n) is 4.90. The number of hydrogen-bond donors (Lipinski definition) is 2. The fourth-order valence-corrected chi connectivity index (χ4v) is 4.90. The molecule has 0 spiro atoms. The normalized spacial score (nSPS) is 15.0. The number of carboxylic acids is 1. The summed E-state index contributed by atoms with van der Waals surface area (Å²) in [5.41, 5.74) is -1.34. The van der Waals surface area contributed by atoms with E-state index in [0.29, 0.717) is 6.42 Å². The lowest BCUT2D eigenvalue weighted by molar-refractivity contribution is -0.142. The zero-order chi connectivity index (χ0) is 32.8. The highest BCUT2D eigenvalue weighted by Gasteiger charge is 2.46. The summed E-state index contributed by atoms with van der Waals surface area (Å²) in [6.07, 6.45) is 1.48. The molecule has 9 heteroatoms. The number of ether oxygens (including phenoxy) is 1. The van der Waals surface area contributed by atoms with Crippen LogP contribution in [0.4, 0.5) is 4.79 Å². The summed E-state index contributed by atoms with van der Waals surface area (Å²) in [5, 5.41) is 12.5. The first kappa shape index (κ1) is 36.7. The number of carbonyl (C=O) groups is 4. The zero-order valence-corrected chi connectivity index (χ0v) is 27.9. The van der Waals surface area contributed by atoms with Crippen molar-refractivity contribution in [2.24, 2.45) is 11.3 Å². The molecule has 0 aliphatic carbocycles. The third kappa shape index (κ3) is 9.33. The van der Waals surface area contributed by atoms with Crippen LogP contribution in [0.15, 0.2) is 42.0 Å². The molecule has 42 heavy (non-hydrogen) atoms. The van der Waals surface area contributed by atoms with Gasteiger partial charge < -0.3 is 20.1 Å². The largest absolute Gasteiger partial charge is 0.478 e. The van der Waals surface area contributed by atoms with Gasteiger partial charge >= 0.3 is 12.1 Å². The van der Waals surface area contributed by atoms with E-state index in [2.05, 4.69) is 5.32 Å². The first-order valence-corrected chi connectivity index (χ1v) is 14.6. The van der Waals surface area contributed by atoms with Gasteiger partial charge in [0.15, 0.2) is 0 Å². The summed E-state index contributed by atoms with van der Waals surface area (Å²) in [5.74, 6) is -1.99. The van der Waals surface area contributed by atoms with Gasteiger partial charge in [-0.2, -0.15) is 0 Å². The van der Waals surface area contributed by atoms with Crippen molar-refractivity contribution < 1.29 is 29.0 Å². The monoisotopic (exact) mass is 587 g/mol. The molecule has 236 valence electrons. The highest BCUT2D eigenvalue weighted by molar-refractivity contribution is 5.93. The van der Waals surface area contributed by atoms with Crippen LogP contribution < -0.4 is 5.32 Å². The first-order chi connectivity index (χ1) is 19.1. The van der Waals surface area contributed by atoms with Gasteiger partial charge in [0.25, 0.3) is 0 Å². The Kier molecular flexibility index (Phi) is 12.4. The van der Waals surface area contributed by atoms with Gasteiger partial charge in [0.05, 0.1) is 6.04 Å². The van der Waals surface area contributed by atoms with Gasteiger partial charge in [0.1, 0.15) is 17.7 Å². The van der Waals surface area contributed by atoms with Gasteiger partial charge in [-0.1, -0.05) is 84.9 Å². The average Bonchev–Trinajstić information content (AvgIpc) is 2.88. The minimum atomic E-state index is -1.06. The van der Waals surface area contributed by atoms with E-state index in [1.165, 1.54) is 23.8 Å². The average molecular weight is 588 g/mol. The quantitative estimate of drug-likeness (QED) is 0.306. The summed E-state index contributed by atoms with van der Waals surface area (Å²) >= 11 is 0. The van der Waals surface area contributed by atoms with Crippen LogP contribution in [0.2, 0.25) is 0 Å². The lowest BCUT2D eigenvalue weighted by Crippen LogP contribution is -2.63. The van der Waals surface area contributed by atoms with Crippen molar-refractivity contribution in [3.05, 3.63) is 47.5 Å². The van der Waals surface area contributed by atoms with Crippen LogP contribution in [0.1, 0.15) is 88.1 Å². The summed E-state index contributed by atoms with van der Waals surface area (Å²) in [4.78, 5) is 56.1. The molecule has 0 aliphatic rings. The van der Waals surface area contributed by atoms with Crippen LogP contribution in [0.25, 0.3) is 0 Å². The van der Waals surface area contributed by atoms with Gasteiger partial charge in [-0.25, -0.2) is 9.59 Å². The zero-order valence-electron chi connectivity index (χ0n) is 27.9. The number of likely N-dealkylation sites (N-methyl/N-ethyl adjacent to an activating group) is 2. The van der Waals surface area contributed by atoms with E-state index < -0.39 is 52.5 Å². The number of rotatable bonds is 12. The maximum atomic E-state index is 14.3. The van der Waals surface area contributed by atoms with E-state index in [1.807, 2.05) is 78.8 Å². The number of benzene rings is 1. The Hall–Kier alpha value is -3.36. The SMILES string of the molecule is CCC(C)(C)[C@H](NC(=O)[C@@H](N(C)C(=O)OC(C)(C)C)C(C)(C)c1ccccc1)C(=O)N(C)[C@H](C=C(C)C(=O)O)C(C)C. The minimum absolute atomic E-state index is 0.0857. The Morgan fingerprint density at radius 1 is 0.952 bits per heavy atom. The van der Waals surface area contributed by atoms with Gasteiger partial charge in [-0.15, -0.1) is 0 Å². The third-order valence-electron chi connectivity index (χ3n) is 7.98. The lowest BCUT2D eigenvalue weighted by Gasteiger charge is -2.43. The van der Waals surface area contributed by atoms with Crippen molar-refractivity contribution in [2.45, 2.75) is 112 Å². The first-order valence-electron chi connectivity index (χ1n) is 14.6. The molecule has 0 unspecified atom stereocenters. The van der Waals surface area contributed by atoms with Crippen LogP contribution in [0.3, 0.4) is 0 Å². The summed E-state index contributed by atoms with van der Waals surface area (Å²) in [6.45, 7) is 20.1. The number of nitrogens with zero attached hydrogens (tertiary/aromatic N) is 2. The smallest absolute Gasteiger partial charge is 0.410 e. The van der Waals surface area contributed by atoms with Crippen molar-refractivity contribution >= 4 is 23.9 Å². The van der Waals surface area contributed by atoms with E-state index >= 15 is 0 Å². The van der Waals surface area contributed by atoms with E-state index in [0.717, 1.165) is 5.56 Å². The molecule has 0 heterocycles. The highest BCUT2D eigenvalue weighted by atomic mass is 16.6. The molecule has 0 bridgehead atoms. The Bertz CT molecular complexity index is 1130. The molecule has 0 aliphatic heterocycles. The van der Waals surface area contributed by atoms with Crippen molar-refractivity contribution in [3.8, 4) is 0 Å². The van der Waals surface area contributed by atoms with E-state index in [-0.39, 0.29) is 17.4 Å². The fraction of sp³-hybridized carbons (Fsp3) is 0.636. The molecule has 3 amide bonds. The van der Waals surface area contributed by atoms with Crippen molar-refractivity contribution in [1.82, 2.24) is 15.1 Å². The number of nitrogens with one attached hydrogen (secondary N) is 1. The molecule has 1 aromatic carbocycles. The molecule has 0 radical (unpaired) electrons.